The smallest absolute Gasteiger partial charge is 0.336 e. The lowest BCUT2D eigenvalue weighted by Crippen LogP contribution is -2.33. The van der Waals surface area contributed by atoms with E-state index in [1.807, 2.05) is 45.9 Å². The Hall–Kier alpha value is -1.21. The second kappa shape index (κ2) is 20.6. The second-order valence-electron chi connectivity index (χ2n) is 11.6. The number of unbranched alkanes of at least 4 members (excludes halogenated alkanes) is 15. The number of esters is 1. The van der Waals surface area contributed by atoms with E-state index in [9.17, 15) is 13.2 Å². The highest BCUT2D eigenvalue weighted by molar-refractivity contribution is 8.06. The van der Waals surface area contributed by atoms with E-state index in [0.717, 1.165) is 30.4 Å². The molecule has 0 heterocycles. The number of nitrogens with one attached hydrogen (secondary N) is 1. The van der Waals surface area contributed by atoms with Crippen LogP contribution in [-0.4, -0.2) is 25.6 Å². The quantitative estimate of drug-likeness (QED) is 0.0764. The van der Waals surface area contributed by atoms with Gasteiger partial charge in [-0.05, 0) is 29.4 Å². The lowest BCUT2D eigenvalue weighted by atomic mass is 9.93. The number of hydrogen-bond donors (Lipinski definition) is 2. The third kappa shape index (κ3) is 14.8. The first-order chi connectivity index (χ1) is 18.6. The number of para-hydroxylation sites is 1. The Kier molecular flexibility index (Phi) is 18.9. The molecular formula is C32H57NO4S2. The fourth-order valence-corrected chi connectivity index (χ4v) is 6.07. The van der Waals surface area contributed by atoms with Crippen molar-refractivity contribution in [3.05, 3.63) is 29.3 Å². The number of carbonyl (C=O) groups is 1. The van der Waals surface area contributed by atoms with Crippen LogP contribution in [0.25, 0.3) is 0 Å². The van der Waals surface area contributed by atoms with Gasteiger partial charge in [0, 0.05) is 0 Å². The number of thiol groups is 1. The molecule has 0 radical (unpaired) electrons. The van der Waals surface area contributed by atoms with Crippen molar-refractivity contribution in [1.82, 2.24) is 0 Å². The minimum absolute atomic E-state index is 0.127. The summed E-state index contributed by atoms with van der Waals surface area (Å²) in [6.07, 6.45) is 20.4. The fraction of sp³-hybridized carbons (Fsp3) is 0.781. The van der Waals surface area contributed by atoms with Gasteiger partial charge in [-0.15, -0.1) is 12.6 Å². The molecule has 0 aliphatic carbocycles. The number of sulfonamides is 1. The summed E-state index contributed by atoms with van der Waals surface area (Å²) in [5.41, 5.74) is 2.34. The largest absolute Gasteiger partial charge is 0.464 e. The molecule has 39 heavy (non-hydrogen) atoms. The molecule has 0 spiro atoms. The number of hydrogen-bond acceptors (Lipinski definition) is 5. The van der Waals surface area contributed by atoms with Crippen LogP contribution in [0.3, 0.4) is 0 Å². The van der Waals surface area contributed by atoms with Gasteiger partial charge < -0.3 is 4.74 Å². The predicted octanol–water partition coefficient (Wildman–Crippen LogP) is 9.74. The topological polar surface area (TPSA) is 72.5 Å². The number of benzene rings is 1. The number of anilines is 1. The molecule has 1 atom stereocenters. The van der Waals surface area contributed by atoms with Crippen molar-refractivity contribution < 1.29 is 17.9 Å². The van der Waals surface area contributed by atoms with Crippen LogP contribution in [0.4, 0.5) is 5.69 Å². The van der Waals surface area contributed by atoms with Crippen molar-refractivity contribution in [2.45, 2.75) is 154 Å². The van der Waals surface area contributed by atoms with E-state index in [1.165, 1.54) is 83.5 Å². The lowest BCUT2D eigenvalue weighted by Gasteiger charge is -2.22. The van der Waals surface area contributed by atoms with E-state index < -0.39 is 20.6 Å². The van der Waals surface area contributed by atoms with E-state index in [1.54, 1.807) is 0 Å². The Morgan fingerprint density at radius 3 is 1.51 bits per heavy atom. The molecule has 0 saturated heterocycles. The highest BCUT2D eigenvalue weighted by Gasteiger charge is 2.32. The number of carbonyl (C=O) groups excluding carboxylic acids is 1. The third-order valence-corrected chi connectivity index (χ3v) is 9.67. The average Bonchev–Trinajstić information content (AvgIpc) is 2.89. The fourth-order valence-electron chi connectivity index (χ4n) is 4.89. The molecule has 1 unspecified atom stereocenters. The Balaban J connectivity index is 2.22. The van der Waals surface area contributed by atoms with E-state index in [0.29, 0.717) is 5.69 Å². The Labute approximate surface area is 246 Å². The van der Waals surface area contributed by atoms with Gasteiger partial charge in [-0.3, -0.25) is 4.72 Å². The summed E-state index contributed by atoms with van der Waals surface area (Å²) in [4.78, 5) is 12.5. The van der Waals surface area contributed by atoms with Crippen LogP contribution in [-0.2, 0) is 19.6 Å². The van der Waals surface area contributed by atoms with Crippen LogP contribution in [0.2, 0.25) is 0 Å². The van der Waals surface area contributed by atoms with E-state index in [4.69, 9.17) is 4.74 Å². The molecule has 0 aromatic heterocycles. The molecule has 0 amide bonds. The molecular weight excluding hydrogens is 526 g/mol. The van der Waals surface area contributed by atoms with Gasteiger partial charge in [0.2, 0.25) is 4.58 Å². The summed E-state index contributed by atoms with van der Waals surface area (Å²) in [6, 6.07) is 5.77. The Morgan fingerprint density at radius 2 is 1.13 bits per heavy atom. The first-order valence-electron chi connectivity index (χ1n) is 15.6. The first-order valence-corrected chi connectivity index (χ1v) is 17.7. The number of ether oxygens (including phenoxy) is 1. The summed E-state index contributed by atoms with van der Waals surface area (Å²) >= 11 is 4.12. The minimum Gasteiger partial charge on any atom is -0.464 e. The maximum Gasteiger partial charge on any atom is 0.336 e. The van der Waals surface area contributed by atoms with Crippen molar-refractivity contribution in [1.29, 1.82) is 0 Å². The van der Waals surface area contributed by atoms with Crippen LogP contribution < -0.4 is 4.72 Å². The SMILES string of the molecule is CCCCCCCCCCCCCCCCCCOC(=O)C(S)S(=O)(=O)Nc1c(C(C)C)cccc1C(C)C. The van der Waals surface area contributed by atoms with Gasteiger partial charge in [0.1, 0.15) is 0 Å². The first kappa shape index (κ1) is 35.8. The molecule has 0 aliphatic heterocycles. The van der Waals surface area contributed by atoms with Crippen LogP contribution in [0.1, 0.15) is 160 Å². The molecule has 1 N–H and O–H groups in total. The van der Waals surface area contributed by atoms with Gasteiger partial charge in [0.15, 0.2) is 0 Å². The summed E-state index contributed by atoms with van der Waals surface area (Å²) < 4.78 is 32.3. The molecule has 0 aliphatic rings. The zero-order valence-electron chi connectivity index (χ0n) is 25.5. The number of rotatable bonds is 23. The molecule has 0 fully saturated rings. The summed E-state index contributed by atoms with van der Waals surface area (Å²) in [5.74, 6) is -0.567. The zero-order chi connectivity index (χ0) is 29.1. The van der Waals surface area contributed by atoms with Crippen molar-refractivity contribution in [2.75, 3.05) is 11.3 Å². The van der Waals surface area contributed by atoms with Gasteiger partial charge in [-0.1, -0.05) is 149 Å². The molecule has 1 aromatic rings. The molecule has 226 valence electrons. The van der Waals surface area contributed by atoms with Crippen molar-refractivity contribution in [2.24, 2.45) is 0 Å². The van der Waals surface area contributed by atoms with Crippen molar-refractivity contribution >= 4 is 34.3 Å². The summed E-state index contributed by atoms with van der Waals surface area (Å²) in [7, 11) is -4.06. The molecule has 5 nitrogen and oxygen atoms in total. The maximum atomic E-state index is 13.0. The van der Waals surface area contributed by atoms with Gasteiger partial charge in [0.05, 0.1) is 12.3 Å². The molecule has 7 heteroatoms. The van der Waals surface area contributed by atoms with Crippen molar-refractivity contribution in [3.63, 3.8) is 0 Å². The molecule has 1 rings (SSSR count). The monoisotopic (exact) mass is 583 g/mol. The summed E-state index contributed by atoms with van der Waals surface area (Å²) in [5, 5.41) is 0. The minimum atomic E-state index is -4.06. The van der Waals surface area contributed by atoms with Gasteiger partial charge >= 0.3 is 5.97 Å². The Morgan fingerprint density at radius 1 is 0.744 bits per heavy atom. The third-order valence-electron chi connectivity index (χ3n) is 7.36. The Bertz CT molecular complexity index is 873. The van der Waals surface area contributed by atoms with Gasteiger partial charge in [-0.25, -0.2) is 13.2 Å². The maximum absolute atomic E-state index is 13.0. The van der Waals surface area contributed by atoms with Gasteiger partial charge in [0.25, 0.3) is 10.0 Å². The van der Waals surface area contributed by atoms with Crippen molar-refractivity contribution in [3.8, 4) is 0 Å². The highest BCUT2D eigenvalue weighted by atomic mass is 32.3. The zero-order valence-corrected chi connectivity index (χ0v) is 27.2. The molecule has 0 saturated carbocycles. The van der Waals surface area contributed by atoms with Crippen LogP contribution in [0.5, 0.6) is 0 Å². The molecule has 0 bridgehead atoms. The van der Waals surface area contributed by atoms with Crippen LogP contribution in [0.15, 0.2) is 18.2 Å². The average molecular weight is 584 g/mol. The summed E-state index contributed by atoms with van der Waals surface area (Å²) in [6.45, 7) is 10.6. The molecule has 1 aromatic carbocycles. The predicted molar refractivity (Wildman–Crippen MR) is 170 cm³/mol. The van der Waals surface area contributed by atoms with E-state index in [2.05, 4.69) is 24.3 Å². The lowest BCUT2D eigenvalue weighted by molar-refractivity contribution is -0.141. The second-order valence-corrected chi connectivity index (χ2v) is 14.2. The van der Waals surface area contributed by atoms with E-state index in [-0.39, 0.29) is 18.4 Å². The van der Waals surface area contributed by atoms with Gasteiger partial charge in [-0.2, -0.15) is 0 Å². The normalized spacial score (nSPS) is 12.7. The van der Waals surface area contributed by atoms with Crippen LogP contribution in [0, 0.1) is 0 Å². The van der Waals surface area contributed by atoms with Crippen LogP contribution >= 0.6 is 12.6 Å². The highest BCUT2D eigenvalue weighted by Crippen LogP contribution is 2.33. The standard InChI is InChI=1S/C32H57NO4S2/c1-6-7-8-9-10-11-12-13-14-15-16-17-18-19-20-21-25-37-31(34)32(38)39(35,36)33-30-28(26(2)3)23-22-24-29(30)27(4)5/h22-24,26-27,32-33,38H,6-21,25H2,1-5H3. The van der Waals surface area contributed by atoms with E-state index >= 15 is 0 Å².